The first-order chi connectivity index (χ1) is 8.56. The van der Waals surface area contributed by atoms with Crippen LogP contribution in [0.4, 0.5) is 5.69 Å². The molecule has 0 aromatic heterocycles. The van der Waals surface area contributed by atoms with Gasteiger partial charge in [-0.3, -0.25) is 4.90 Å². The van der Waals surface area contributed by atoms with E-state index in [-0.39, 0.29) is 0 Å². The number of nitrogens with two attached hydrogens (primary N) is 1. The lowest BCUT2D eigenvalue weighted by Crippen LogP contribution is -2.27. The number of nitrogens with zero attached hydrogens (tertiary/aromatic N) is 1. The van der Waals surface area contributed by atoms with Gasteiger partial charge in [-0.2, -0.15) is 0 Å². The summed E-state index contributed by atoms with van der Waals surface area (Å²) < 4.78 is 0. The van der Waals surface area contributed by atoms with E-state index in [9.17, 15) is 0 Å². The first kappa shape index (κ1) is 13.4. The number of anilines is 1. The van der Waals surface area contributed by atoms with Crippen LogP contribution in [0.3, 0.4) is 0 Å². The number of benzene rings is 1. The zero-order chi connectivity index (χ0) is 13.1. The molecule has 0 saturated heterocycles. The summed E-state index contributed by atoms with van der Waals surface area (Å²) in [5, 5.41) is 0. The molecular formula is C16H26N2. The molecule has 18 heavy (non-hydrogen) atoms. The quantitative estimate of drug-likeness (QED) is 0.801. The van der Waals surface area contributed by atoms with Crippen LogP contribution >= 0.6 is 0 Å². The van der Waals surface area contributed by atoms with Crippen molar-refractivity contribution in [3.8, 4) is 0 Å². The molecule has 0 saturated carbocycles. The highest BCUT2D eigenvalue weighted by atomic mass is 15.2. The Bertz CT molecular complexity index is 398. The predicted molar refractivity (Wildman–Crippen MR) is 78.3 cm³/mol. The molecule has 100 valence electrons. The van der Waals surface area contributed by atoms with Crippen molar-refractivity contribution in [3.05, 3.63) is 29.3 Å². The molecule has 2 heteroatoms. The number of nitrogen functional groups attached to an aromatic ring is 1. The Balaban J connectivity index is 1.86. The largest absolute Gasteiger partial charge is 0.399 e. The zero-order valence-electron chi connectivity index (χ0n) is 11.9. The Kier molecular flexibility index (Phi) is 4.28. The molecule has 2 N–H and O–H groups in total. The molecule has 0 radical (unpaired) electrons. The predicted octanol–water partition coefficient (Wildman–Crippen LogP) is 3.80. The van der Waals surface area contributed by atoms with Crippen molar-refractivity contribution in [2.24, 2.45) is 5.92 Å². The van der Waals surface area contributed by atoms with Crippen LogP contribution in [0.25, 0.3) is 0 Å². The van der Waals surface area contributed by atoms with Gasteiger partial charge in [0, 0.05) is 24.8 Å². The summed E-state index contributed by atoms with van der Waals surface area (Å²) in [5.74, 6) is 0.827. The minimum Gasteiger partial charge on any atom is -0.399 e. The van der Waals surface area contributed by atoms with E-state index in [1.54, 1.807) is 0 Å². The lowest BCUT2D eigenvalue weighted by Gasteiger charge is -2.24. The molecule has 1 heterocycles. The second-order valence-corrected chi connectivity index (χ2v) is 6.11. The van der Waals surface area contributed by atoms with E-state index in [0.29, 0.717) is 6.04 Å². The number of hydrogen-bond donors (Lipinski definition) is 1. The third-order valence-corrected chi connectivity index (χ3v) is 4.00. The van der Waals surface area contributed by atoms with Gasteiger partial charge in [0.05, 0.1) is 0 Å². The molecule has 1 aromatic rings. The highest BCUT2D eigenvalue weighted by Gasteiger charge is 2.22. The second kappa shape index (κ2) is 5.75. The molecule has 0 bridgehead atoms. The summed E-state index contributed by atoms with van der Waals surface area (Å²) in [5.41, 5.74) is 9.62. The Morgan fingerprint density at radius 1 is 1.11 bits per heavy atom. The maximum atomic E-state index is 5.85. The van der Waals surface area contributed by atoms with Crippen LogP contribution in [-0.2, 0) is 13.1 Å². The van der Waals surface area contributed by atoms with Crippen LogP contribution in [0.1, 0.15) is 51.2 Å². The van der Waals surface area contributed by atoms with Gasteiger partial charge < -0.3 is 5.73 Å². The van der Waals surface area contributed by atoms with Gasteiger partial charge in [-0.15, -0.1) is 0 Å². The van der Waals surface area contributed by atoms with E-state index in [4.69, 9.17) is 5.73 Å². The van der Waals surface area contributed by atoms with Crippen molar-refractivity contribution in [1.82, 2.24) is 4.90 Å². The molecule has 0 fully saturated rings. The van der Waals surface area contributed by atoms with Gasteiger partial charge in [0.25, 0.3) is 0 Å². The fourth-order valence-electron chi connectivity index (χ4n) is 2.76. The van der Waals surface area contributed by atoms with Crippen LogP contribution in [0, 0.1) is 5.92 Å². The highest BCUT2D eigenvalue weighted by Crippen LogP contribution is 2.27. The first-order valence-corrected chi connectivity index (χ1v) is 7.17. The molecule has 1 unspecified atom stereocenters. The fraction of sp³-hybridized carbons (Fsp3) is 0.625. The maximum absolute atomic E-state index is 5.85. The third-order valence-electron chi connectivity index (χ3n) is 4.00. The summed E-state index contributed by atoms with van der Waals surface area (Å²) in [7, 11) is 0. The van der Waals surface area contributed by atoms with Crippen LogP contribution in [0.2, 0.25) is 0 Å². The topological polar surface area (TPSA) is 29.3 Å². The number of fused-ring (bicyclic) bond motifs is 1. The normalized spacial score (nSPS) is 17.1. The number of rotatable bonds is 5. The molecule has 0 aliphatic carbocycles. The minimum atomic E-state index is 0.678. The molecule has 0 amide bonds. The van der Waals surface area contributed by atoms with Gasteiger partial charge in [-0.25, -0.2) is 0 Å². The van der Waals surface area contributed by atoms with Gasteiger partial charge in [0.1, 0.15) is 0 Å². The molecule has 0 spiro atoms. The highest BCUT2D eigenvalue weighted by molar-refractivity contribution is 5.46. The van der Waals surface area contributed by atoms with Gasteiger partial charge in [0.15, 0.2) is 0 Å². The van der Waals surface area contributed by atoms with E-state index in [1.165, 1.54) is 30.4 Å². The molecule has 1 atom stereocenters. The molecule has 1 aromatic carbocycles. The van der Waals surface area contributed by atoms with Crippen molar-refractivity contribution in [2.75, 3.05) is 5.73 Å². The van der Waals surface area contributed by atoms with Crippen molar-refractivity contribution in [1.29, 1.82) is 0 Å². The molecule has 2 rings (SSSR count). The van der Waals surface area contributed by atoms with Crippen LogP contribution < -0.4 is 5.73 Å². The SMILES string of the molecule is CC(C)CCCC(C)N1Cc2ccc(N)cc2C1. The summed E-state index contributed by atoms with van der Waals surface area (Å²) in [6.07, 6.45) is 3.99. The van der Waals surface area contributed by atoms with Crippen molar-refractivity contribution < 1.29 is 0 Å². The van der Waals surface area contributed by atoms with Crippen LogP contribution in [-0.4, -0.2) is 10.9 Å². The smallest absolute Gasteiger partial charge is 0.0317 e. The second-order valence-electron chi connectivity index (χ2n) is 6.11. The average molecular weight is 246 g/mol. The van der Waals surface area contributed by atoms with Crippen LogP contribution in [0.5, 0.6) is 0 Å². The summed E-state index contributed by atoms with van der Waals surface area (Å²) in [6.45, 7) is 9.13. The van der Waals surface area contributed by atoms with Crippen molar-refractivity contribution in [2.45, 2.75) is 59.2 Å². The fourth-order valence-corrected chi connectivity index (χ4v) is 2.76. The molecule has 1 aliphatic rings. The first-order valence-electron chi connectivity index (χ1n) is 7.17. The molecule has 1 aliphatic heterocycles. The lowest BCUT2D eigenvalue weighted by molar-refractivity contribution is 0.198. The van der Waals surface area contributed by atoms with E-state index < -0.39 is 0 Å². The Hall–Kier alpha value is -1.02. The Morgan fingerprint density at radius 2 is 1.83 bits per heavy atom. The Morgan fingerprint density at radius 3 is 2.56 bits per heavy atom. The molecule has 2 nitrogen and oxygen atoms in total. The third kappa shape index (κ3) is 3.26. The van der Waals surface area contributed by atoms with Gasteiger partial charge in [0.2, 0.25) is 0 Å². The monoisotopic (exact) mass is 246 g/mol. The number of hydrogen-bond acceptors (Lipinski definition) is 2. The van der Waals surface area contributed by atoms with E-state index in [1.807, 2.05) is 6.07 Å². The zero-order valence-corrected chi connectivity index (χ0v) is 11.9. The van der Waals surface area contributed by atoms with E-state index in [0.717, 1.165) is 24.7 Å². The van der Waals surface area contributed by atoms with Crippen molar-refractivity contribution >= 4 is 5.69 Å². The Labute approximate surface area is 111 Å². The van der Waals surface area contributed by atoms with Gasteiger partial charge >= 0.3 is 0 Å². The van der Waals surface area contributed by atoms with Gasteiger partial charge in [-0.1, -0.05) is 32.8 Å². The lowest BCUT2D eigenvalue weighted by atomic mass is 10.0. The minimum absolute atomic E-state index is 0.678. The summed E-state index contributed by atoms with van der Waals surface area (Å²) in [6, 6.07) is 7.02. The van der Waals surface area contributed by atoms with Crippen LogP contribution in [0.15, 0.2) is 18.2 Å². The van der Waals surface area contributed by atoms with Crippen molar-refractivity contribution in [3.63, 3.8) is 0 Å². The maximum Gasteiger partial charge on any atom is 0.0317 e. The van der Waals surface area contributed by atoms with E-state index in [2.05, 4.69) is 37.8 Å². The van der Waals surface area contributed by atoms with E-state index >= 15 is 0 Å². The standard InChI is InChI=1S/C16H26N2/c1-12(2)5-4-6-13(3)18-10-14-7-8-16(17)9-15(14)11-18/h7-9,12-13H,4-6,10-11,17H2,1-3H3. The van der Waals surface area contributed by atoms with Gasteiger partial charge in [-0.05, 0) is 42.5 Å². The summed E-state index contributed by atoms with van der Waals surface area (Å²) >= 11 is 0. The molecular weight excluding hydrogens is 220 g/mol. The summed E-state index contributed by atoms with van der Waals surface area (Å²) in [4.78, 5) is 2.57. The average Bonchev–Trinajstić information content (AvgIpc) is 2.71.